The van der Waals surface area contributed by atoms with E-state index in [0.717, 1.165) is 35.7 Å². The van der Waals surface area contributed by atoms with Gasteiger partial charge in [-0.05, 0) is 54.3 Å². The van der Waals surface area contributed by atoms with Gasteiger partial charge in [0.25, 0.3) is 5.91 Å². The zero-order valence-electron chi connectivity index (χ0n) is 17.8. The Morgan fingerprint density at radius 3 is 2.78 bits per heavy atom. The summed E-state index contributed by atoms with van der Waals surface area (Å²) in [6.45, 7) is 0.496. The van der Waals surface area contributed by atoms with Crippen LogP contribution in [0.3, 0.4) is 0 Å². The number of aryl methyl sites for hydroxylation is 1. The van der Waals surface area contributed by atoms with Crippen molar-refractivity contribution in [3.63, 3.8) is 0 Å². The average molecular weight is 425 g/mol. The molecule has 1 aliphatic rings. The molecule has 2 N–H and O–H groups in total. The highest BCUT2D eigenvalue weighted by Crippen LogP contribution is 2.31. The van der Waals surface area contributed by atoms with Gasteiger partial charge < -0.3 is 15.2 Å². The second-order valence-electron chi connectivity index (χ2n) is 7.93. The van der Waals surface area contributed by atoms with Crippen LogP contribution in [-0.4, -0.2) is 25.7 Å². The van der Waals surface area contributed by atoms with Gasteiger partial charge in [-0.15, -0.1) is 10.2 Å². The standard InChI is InChI=1S/C25H24N6O/c1-31-23(29-30-24(31)18-11-13-26-14-12-18)16-27-20-7-4-6-19(15-20)25(32)28-22-10-9-17-5-2-3-8-21(17)22/h2-8,11-15,22,27H,9-10,16H2,1H3,(H,28,32). The lowest BCUT2D eigenvalue weighted by Gasteiger charge is -2.15. The average Bonchev–Trinajstić information content (AvgIpc) is 3.42. The third-order valence-electron chi connectivity index (χ3n) is 5.92. The number of pyridine rings is 1. The fourth-order valence-electron chi connectivity index (χ4n) is 4.17. The van der Waals surface area contributed by atoms with Crippen LogP contribution in [0.2, 0.25) is 0 Å². The normalized spacial score (nSPS) is 14.7. The predicted octanol–water partition coefficient (Wildman–Crippen LogP) is 3.91. The zero-order chi connectivity index (χ0) is 21.9. The van der Waals surface area contributed by atoms with Gasteiger partial charge >= 0.3 is 0 Å². The Labute approximate surface area is 186 Å². The molecule has 0 saturated heterocycles. The van der Waals surface area contributed by atoms with Gasteiger partial charge in [0.1, 0.15) is 0 Å². The molecule has 2 heterocycles. The predicted molar refractivity (Wildman–Crippen MR) is 123 cm³/mol. The molecule has 1 aliphatic carbocycles. The van der Waals surface area contributed by atoms with Crippen LogP contribution in [0.1, 0.15) is 39.8 Å². The Balaban J connectivity index is 1.25. The molecule has 1 amide bonds. The summed E-state index contributed by atoms with van der Waals surface area (Å²) in [5, 5.41) is 15.1. The summed E-state index contributed by atoms with van der Waals surface area (Å²) >= 11 is 0. The van der Waals surface area contributed by atoms with E-state index in [0.29, 0.717) is 12.1 Å². The molecule has 160 valence electrons. The van der Waals surface area contributed by atoms with Crippen LogP contribution < -0.4 is 10.6 Å². The van der Waals surface area contributed by atoms with Crippen molar-refractivity contribution >= 4 is 11.6 Å². The number of carbonyl (C=O) groups is 1. The summed E-state index contributed by atoms with van der Waals surface area (Å²) in [4.78, 5) is 16.9. The van der Waals surface area contributed by atoms with E-state index in [1.54, 1.807) is 12.4 Å². The lowest BCUT2D eigenvalue weighted by Crippen LogP contribution is -2.27. The van der Waals surface area contributed by atoms with E-state index < -0.39 is 0 Å². The van der Waals surface area contributed by atoms with Crippen molar-refractivity contribution in [2.24, 2.45) is 7.05 Å². The van der Waals surface area contributed by atoms with Gasteiger partial charge in [-0.3, -0.25) is 9.78 Å². The van der Waals surface area contributed by atoms with Crippen molar-refractivity contribution in [1.29, 1.82) is 0 Å². The molecule has 1 atom stereocenters. The molecule has 0 spiro atoms. The molecule has 0 radical (unpaired) electrons. The number of nitrogens with zero attached hydrogens (tertiary/aromatic N) is 4. The van der Waals surface area contributed by atoms with E-state index >= 15 is 0 Å². The fraction of sp³-hybridized carbons (Fsp3) is 0.200. The van der Waals surface area contributed by atoms with Crippen LogP contribution in [0.4, 0.5) is 5.69 Å². The largest absolute Gasteiger partial charge is 0.378 e. The van der Waals surface area contributed by atoms with Crippen LogP contribution in [0, 0.1) is 0 Å². The van der Waals surface area contributed by atoms with Crippen LogP contribution in [0.25, 0.3) is 11.4 Å². The number of rotatable bonds is 6. The van der Waals surface area contributed by atoms with Crippen LogP contribution in [0.5, 0.6) is 0 Å². The number of carbonyl (C=O) groups excluding carboxylic acids is 1. The number of aromatic nitrogens is 4. The van der Waals surface area contributed by atoms with Crippen molar-refractivity contribution in [3.8, 4) is 11.4 Å². The van der Waals surface area contributed by atoms with Gasteiger partial charge in [-0.25, -0.2) is 0 Å². The second kappa shape index (κ2) is 8.63. The Morgan fingerprint density at radius 1 is 1.06 bits per heavy atom. The van der Waals surface area contributed by atoms with Crippen molar-refractivity contribution in [2.45, 2.75) is 25.4 Å². The molecule has 2 aromatic carbocycles. The highest BCUT2D eigenvalue weighted by atomic mass is 16.1. The molecule has 5 rings (SSSR count). The van der Waals surface area contributed by atoms with E-state index in [4.69, 9.17) is 0 Å². The first kappa shape index (κ1) is 19.9. The Bertz CT molecular complexity index is 1250. The molecule has 0 fully saturated rings. The third kappa shape index (κ3) is 3.97. The second-order valence-corrected chi connectivity index (χ2v) is 7.93. The van der Waals surface area contributed by atoms with Crippen molar-refractivity contribution in [1.82, 2.24) is 25.1 Å². The molecular weight excluding hydrogens is 400 g/mol. The van der Waals surface area contributed by atoms with Gasteiger partial charge in [-0.2, -0.15) is 0 Å². The van der Waals surface area contributed by atoms with Gasteiger partial charge in [-0.1, -0.05) is 30.3 Å². The first-order valence-electron chi connectivity index (χ1n) is 10.7. The van der Waals surface area contributed by atoms with Crippen molar-refractivity contribution in [3.05, 3.63) is 95.6 Å². The summed E-state index contributed by atoms with van der Waals surface area (Å²) in [5.74, 6) is 1.53. The van der Waals surface area contributed by atoms with Crippen LogP contribution in [0.15, 0.2) is 73.1 Å². The molecule has 0 aliphatic heterocycles. The van der Waals surface area contributed by atoms with E-state index in [9.17, 15) is 4.79 Å². The minimum atomic E-state index is -0.0611. The molecule has 7 heteroatoms. The maximum Gasteiger partial charge on any atom is 0.251 e. The number of hydrogen-bond acceptors (Lipinski definition) is 5. The minimum absolute atomic E-state index is 0.0611. The van der Waals surface area contributed by atoms with Gasteiger partial charge in [0.05, 0.1) is 12.6 Å². The van der Waals surface area contributed by atoms with Gasteiger partial charge in [0.2, 0.25) is 0 Å². The van der Waals surface area contributed by atoms with Crippen LogP contribution >= 0.6 is 0 Å². The highest BCUT2D eigenvalue weighted by Gasteiger charge is 2.23. The van der Waals surface area contributed by atoms with Crippen LogP contribution in [-0.2, 0) is 20.0 Å². The van der Waals surface area contributed by atoms with Crippen molar-refractivity contribution < 1.29 is 4.79 Å². The molecule has 2 aromatic heterocycles. The lowest BCUT2D eigenvalue weighted by molar-refractivity contribution is 0.0937. The SMILES string of the molecule is Cn1c(CNc2cccc(C(=O)NC3CCc4ccccc43)c2)nnc1-c1ccncc1. The van der Waals surface area contributed by atoms with Gasteiger partial charge in [0, 0.05) is 36.3 Å². The number of anilines is 1. The fourth-order valence-corrected chi connectivity index (χ4v) is 4.17. The summed E-state index contributed by atoms with van der Waals surface area (Å²) in [6, 6.07) is 19.8. The number of nitrogens with one attached hydrogen (secondary N) is 2. The number of amides is 1. The number of benzene rings is 2. The maximum atomic E-state index is 12.9. The monoisotopic (exact) mass is 424 g/mol. The Kier molecular flexibility index (Phi) is 5.37. The molecule has 32 heavy (non-hydrogen) atoms. The molecular formula is C25H24N6O. The Hall–Kier alpha value is -4.00. The lowest BCUT2D eigenvalue weighted by atomic mass is 10.1. The summed E-state index contributed by atoms with van der Waals surface area (Å²) in [6.07, 6.45) is 5.42. The number of fused-ring (bicyclic) bond motifs is 1. The number of hydrogen-bond donors (Lipinski definition) is 2. The maximum absolute atomic E-state index is 12.9. The topological polar surface area (TPSA) is 84.7 Å². The quantitative estimate of drug-likeness (QED) is 0.490. The molecule has 0 bridgehead atoms. The van der Waals surface area contributed by atoms with Crippen molar-refractivity contribution in [2.75, 3.05) is 5.32 Å². The van der Waals surface area contributed by atoms with E-state index in [1.807, 2.05) is 54.1 Å². The third-order valence-corrected chi connectivity index (χ3v) is 5.92. The first-order valence-corrected chi connectivity index (χ1v) is 10.7. The summed E-state index contributed by atoms with van der Waals surface area (Å²) in [5.41, 5.74) is 5.01. The smallest absolute Gasteiger partial charge is 0.251 e. The highest BCUT2D eigenvalue weighted by molar-refractivity contribution is 5.95. The first-order chi connectivity index (χ1) is 15.7. The van der Waals surface area contributed by atoms with Gasteiger partial charge in [0.15, 0.2) is 11.6 Å². The summed E-state index contributed by atoms with van der Waals surface area (Å²) in [7, 11) is 1.94. The molecule has 7 nitrogen and oxygen atoms in total. The molecule has 0 saturated carbocycles. The molecule has 4 aromatic rings. The van der Waals surface area contributed by atoms with E-state index in [-0.39, 0.29) is 11.9 Å². The van der Waals surface area contributed by atoms with E-state index in [2.05, 4.69) is 44.0 Å². The summed E-state index contributed by atoms with van der Waals surface area (Å²) < 4.78 is 1.95. The minimum Gasteiger partial charge on any atom is -0.378 e. The Morgan fingerprint density at radius 2 is 1.91 bits per heavy atom. The zero-order valence-corrected chi connectivity index (χ0v) is 17.8. The van der Waals surface area contributed by atoms with E-state index in [1.165, 1.54) is 11.1 Å². The molecule has 1 unspecified atom stereocenters.